The highest BCUT2D eigenvalue weighted by Crippen LogP contribution is 2.46. The van der Waals surface area contributed by atoms with Gasteiger partial charge in [0.05, 0.1) is 27.7 Å². The molecule has 7 rings (SSSR count). The summed E-state index contributed by atoms with van der Waals surface area (Å²) in [6, 6.07) is 8.92. The second-order valence-corrected chi connectivity index (χ2v) is 18.3. The van der Waals surface area contributed by atoms with Crippen LogP contribution in [-0.2, 0) is 29.1 Å². The van der Waals surface area contributed by atoms with Gasteiger partial charge in [0.2, 0.25) is 27.7 Å². The smallest absolute Gasteiger partial charge is 0.408 e. The van der Waals surface area contributed by atoms with E-state index in [0.717, 1.165) is 24.1 Å². The summed E-state index contributed by atoms with van der Waals surface area (Å²) in [6.45, 7) is 9.13. The van der Waals surface area contributed by atoms with Crippen molar-refractivity contribution in [2.24, 2.45) is 11.3 Å². The van der Waals surface area contributed by atoms with Gasteiger partial charge in [0.25, 0.3) is 5.91 Å². The number of sulfonamides is 1. The number of nitrogens with one attached hydrogen (secondary N) is 3. The lowest BCUT2D eigenvalue weighted by Gasteiger charge is -2.36. The van der Waals surface area contributed by atoms with Crippen LogP contribution in [0.3, 0.4) is 0 Å². The summed E-state index contributed by atoms with van der Waals surface area (Å²) in [7, 11) is -3.90. The van der Waals surface area contributed by atoms with Gasteiger partial charge in [0.1, 0.15) is 35.5 Å². The third-order valence-electron chi connectivity index (χ3n) is 10.4. The number of rotatable bonds is 12. The number of aromatic nitrogens is 2. The van der Waals surface area contributed by atoms with Crippen molar-refractivity contribution >= 4 is 56.2 Å². The third-order valence-corrected chi connectivity index (χ3v) is 13.1. The molecule has 1 aliphatic heterocycles. The molecular weight excluding hydrogens is 721 g/mol. The number of carbonyl (C=O) groups is 4. The van der Waals surface area contributed by atoms with E-state index < -0.39 is 74.1 Å². The maximum Gasteiger partial charge on any atom is 0.408 e. The van der Waals surface area contributed by atoms with Gasteiger partial charge in [-0.2, -0.15) is 0 Å². The van der Waals surface area contributed by atoms with Gasteiger partial charge < -0.3 is 25.0 Å². The largest absolute Gasteiger partial charge is 0.471 e. The van der Waals surface area contributed by atoms with Gasteiger partial charge in [-0.15, -0.1) is 17.9 Å². The molecule has 53 heavy (non-hydrogen) atoms. The fourth-order valence-electron chi connectivity index (χ4n) is 6.80. The number of ether oxygens (including phenoxy) is 2. The lowest BCUT2D eigenvalue weighted by Crippen LogP contribution is -2.60. The molecule has 5 atom stereocenters. The number of hydrogen-bond donors (Lipinski definition) is 3. The third kappa shape index (κ3) is 7.61. The molecule has 1 unspecified atom stereocenters. The van der Waals surface area contributed by atoms with E-state index in [2.05, 4.69) is 21.9 Å². The first-order chi connectivity index (χ1) is 25.2. The summed E-state index contributed by atoms with van der Waals surface area (Å²) in [6.07, 6.45) is 3.36. The molecular formula is C37H44N6O8S2. The number of hydrogen-bond acceptors (Lipinski definition) is 11. The predicted octanol–water partition coefficient (Wildman–Crippen LogP) is 4.07. The Kier molecular flexibility index (Phi) is 9.72. The van der Waals surface area contributed by atoms with Crippen molar-refractivity contribution in [3.63, 3.8) is 0 Å². The maximum atomic E-state index is 14.6. The Bertz CT molecular complexity index is 2040. The highest BCUT2D eigenvalue weighted by Gasteiger charge is 2.62. The zero-order valence-corrected chi connectivity index (χ0v) is 31.5. The van der Waals surface area contributed by atoms with Gasteiger partial charge in [-0.1, -0.05) is 45.0 Å². The van der Waals surface area contributed by atoms with E-state index in [9.17, 15) is 27.6 Å². The molecule has 16 heteroatoms. The molecule has 2 aromatic heterocycles. The van der Waals surface area contributed by atoms with Crippen LogP contribution >= 0.6 is 11.3 Å². The number of benzene rings is 1. The maximum absolute atomic E-state index is 14.6. The Morgan fingerprint density at radius 3 is 2.34 bits per heavy atom. The number of amides is 4. The molecule has 282 valence electrons. The zero-order valence-electron chi connectivity index (χ0n) is 29.9. The van der Waals surface area contributed by atoms with Crippen molar-refractivity contribution in [1.29, 1.82) is 0 Å². The van der Waals surface area contributed by atoms with Crippen molar-refractivity contribution in [3.8, 4) is 16.5 Å². The average Bonchev–Trinajstić information content (AvgIpc) is 3.96. The van der Waals surface area contributed by atoms with Crippen LogP contribution < -0.4 is 20.1 Å². The molecule has 1 saturated heterocycles. The van der Waals surface area contributed by atoms with E-state index in [1.54, 1.807) is 20.8 Å². The summed E-state index contributed by atoms with van der Waals surface area (Å²) in [5, 5.41) is 6.83. The van der Waals surface area contributed by atoms with Crippen LogP contribution in [0.4, 0.5) is 4.79 Å². The van der Waals surface area contributed by atoms with Gasteiger partial charge in [-0.25, -0.2) is 23.2 Å². The number of thiophene rings is 1. The number of nitrogens with zero attached hydrogens (tertiary/aromatic N) is 3. The van der Waals surface area contributed by atoms with E-state index in [1.807, 2.05) is 41.8 Å². The van der Waals surface area contributed by atoms with Crippen LogP contribution in [0, 0.1) is 11.3 Å². The number of para-hydroxylation sites is 2. The van der Waals surface area contributed by atoms with Gasteiger partial charge in [0, 0.05) is 12.3 Å². The van der Waals surface area contributed by atoms with Crippen LogP contribution in [0.1, 0.15) is 65.7 Å². The van der Waals surface area contributed by atoms with Crippen molar-refractivity contribution in [2.75, 3.05) is 6.54 Å². The topological polar surface area (TPSA) is 186 Å². The first-order valence-corrected chi connectivity index (χ1v) is 20.4. The zero-order chi connectivity index (χ0) is 37.7. The average molecular weight is 765 g/mol. The lowest BCUT2D eigenvalue weighted by atomic mass is 9.85. The van der Waals surface area contributed by atoms with Crippen LogP contribution in [0.25, 0.3) is 21.6 Å². The van der Waals surface area contributed by atoms with Crippen molar-refractivity contribution in [1.82, 2.24) is 30.2 Å². The van der Waals surface area contributed by atoms with E-state index in [0.29, 0.717) is 29.6 Å². The molecule has 3 aliphatic carbocycles. The monoisotopic (exact) mass is 764 g/mol. The fourth-order valence-corrected chi connectivity index (χ4v) is 8.87. The molecule has 4 fully saturated rings. The molecule has 0 spiro atoms. The Morgan fingerprint density at radius 1 is 1.04 bits per heavy atom. The Balaban J connectivity index is 1.19. The molecule has 14 nitrogen and oxygen atoms in total. The van der Waals surface area contributed by atoms with Crippen LogP contribution in [0.2, 0.25) is 0 Å². The highest BCUT2D eigenvalue weighted by molar-refractivity contribution is 7.91. The molecule has 3 aromatic rings. The summed E-state index contributed by atoms with van der Waals surface area (Å²) >= 11 is 1.47. The molecule has 1 aromatic carbocycles. The fraction of sp³-hybridized carbons (Fsp3) is 0.514. The first-order valence-electron chi connectivity index (χ1n) is 17.9. The van der Waals surface area contributed by atoms with E-state index in [4.69, 9.17) is 19.4 Å². The summed E-state index contributed by atoms with van der Waals surface area (Å²) in [5.41, 5.74) is -0.571. The minimum Gasteiger partial charge on any atom is -0.471 e. The van der Waals surface area contributed by atoms with Gasteiger partial charge in [0.15, 0.2) is 0 Å². The lowest BCUT2D eigenvalue weighted by molar-refractivity contribution is -0.143. The number of fused-ring (bicyclic) bond motifs is 1. The number of alkyl carbamates (subject to hydrolysis) is 1. The first kappa shape index (κ1) is 36.8. The van der Waals surface area contributed by atoms with Crippen LogP contribution in [-0.4, -0.2) is 88.7 Å². The van der Waals surface area contributed by atoms with Crippen molar-refractivity contribution in [3.05, 3.63) is 54.4 Å². The Hall–Kier alpha value is -4.57. The van der Waals surface area contributed by atoms with E-state index in [1.165, 1.54) is 22.3 Å². The van der Waals surface area contributed by atoms with Crippen LogP contribution in [0.5, 0.6) is 5.88 Å². The minimum atomic E-state index is -3.90. The van der Waals surface area contributed by atoms with Gasteiger partial charge >= 0.3 is 6.09 Å². The highest BCUT2D eigenvalue weighted by atomic mass is 32.2. The quantitative estimate of drug-likeness (QED) is 0.227. The number of carbonyl (C=O) groups excluding carboxylic acids is 4. The van der Waals surface area contributed by atoms with Crippen molar-refractivity contribution in [2.45, 2.75) is 101 Å². The van der Waals surface area contributed by atoms with E-state index in [-0.39, 0.29) is 31.4 Å². The second kappa shape index (κ2) is 14.0. The number of likely N-dealkylation sites (tertiary alicyclic amines) is 1. The van der Waals surface area contributed by atoms with Gasteiger partial charge in [-0.3, -0.25) is 19.1 Å². The normalized spacial score (nSPS) is 24.8. The molecule has 4 amide bonds. The standard InChI is InChI=1S/C37H44N6O8S2/c1-5-21-19-37(21,34(46)42-53(48,49)24-15-16-24)41-31(44)27-18-23(20-43(27)33(45)30(36(2,3)4)40-35(47)51-22-10-8-11-22)50-32-29(28-14-9-17-52-28)38-25-12-6-7-13-26(25)39-32/h5-7,9,12-14,17,21-24,27,30H,1,8,10-11,15-16,18-20H2,2-4H3,(H,40,47)(H,41,44)(H,42,46)/t21-,23-,27+,30-,37?/m1/s1. The van der Waals surface area contributed by atoms with E-state index >= 15 is 0 Å². The van der Waals surface area contributed by atoms with Crippen molar-refractivity contribution < 1.29 is 37.1 Å². The molecule has 3 heterocycles. The summed E-state index contributed by atoms with van der Waals surface area (Å²) in [5.74, 6) is -2.34. The molecule has 3 saturated carbocycles. The molecule has 3 N–H and O–H groups in total. The summed E-state index contributed by atoms with van der Waals surface area (Å²) < 4.78 is 39.7. The minimum absolute atomic E-state index is 0.0101. The molecule has 4 aliphatic rings. The predicted molar refractivity (Wildman–Crippen MR) is 197 cm³/mol. The van der Waals surface area contributed by atoms with Gasteiger partial charge in [-0.05, 0) is 67.5 Å². The molecule has 0 bridgehead atoms. The Labute approximate surface area is 312 Å². The molecule has 0 radical (unpaired) electrons. The SMILES string of the molecule is C=C[C@@H]1CC1(NC(=O)[C@@H]1C[C@@H](Oc2nc3ccccc3nc2-c2cccs2)CN1C(=O)[C@@H](NC(=O)OC1CCC1)C(C)(C)C)C(=O)NS(=O)(=O)C1CC1. The second-order valence-electron chi connectivity index (χ2n) is 15.4. The Morgan fingerprint density at radius 2 is 1.75 bits per heavy atom. The van der Waals surface area contributed by atoms with Crippen LogP contribution in [0.15, 0.2) is 54.4 Å². The summed E-state index contributed by atoms with van der Waals surface area (Å²) in [4.78, 5) is 67.2.